The molecule has 1 aliphatic heterocycles. The molecule has 78 valence electrons. The molecule has 2 heteroatoms. The molecule has 2 unspecified atom stereocenters. The smallest absolute Gasteiger partial charge is 0.0590 e. The molecule has 1 saturated heterocycles. The van der Waals surface area contributed by atoms with Crippen LogP contribution in [0.15, 0.2) is 0 Å². The van der Waals surface area contributed by atoms with E-state index in [-0.39, 0.29) is 0 Å². The first kappa shape index (κ1) is 11.0. The minimum Gasteiger partial charge on any atom is -0.378 e. The van der Waals surface area contributed by atoms with Gasteiger partial charge in [0.2, 0.25) is 0 Å². The van der Waals surface area contributed by atoms with Crippen molar-refractivity contribution in [3.63, 3.8) is 0 Å². The second-order valence-electron chi connectivity index (χ2n) is 4.60. The predicted octanol–water partition coefficient (Wildman–Crippen LogP) is 2.32. The Kier molecular flexibility index (Phi) is 4.74. The Morgan fingerprint density at radius 2 is 2.15 bits per heavy atom. The number of nitrogens with two attached hydrogens (primary N) is 1. The summed E-state index contributed by atoms with van der Waals surface area (Å²) in [6.45, 7) is 5.44. The van der Waals surface area contributed by atoms with Crippen molar-refractivity contribution in [2.24, 2.45) is 11.7 Å². The van der Waals surface area contributed by atoms with Crippen molar-refractivity contribution in [3.8, 4) is 0 Å². The van der Waals surface area contributed by atoms with Gasteiger partial charge in [0.1, 0.15) is 0 Å². The van der Waals surface area contributed by atoms with Crippen LogP contribution in [0.2, 0.25) is 0 Å². The van der Waals surface area contributed by atoms with Gasteiger partial charge in [-0.2, -0.15) is 0 Å². The van der Waals surface area contributed by atoms with Gasteiger partial charge < -0.3 is 10.5 Å². The normalized spacial score (nSPS) is 25.4. The molecule has 1 fully saturated rings. The molecule has 0 aromatic carbocycles. The second-order valence-corrected chi connectivity index (χ2v) is 4.60. The molecular weight excluding hydrogens is 162 g/mol. The van der Waals surface area contributed by atoms with Crippen molar-refractivity contribution in [2.75, 3.05) is 6.61 Å². The molecule has 2 nitrogen and oxygen atoms in total. The van der Waals surface area contributed by atoms with Gasteiger partial charge in [0.15, 0.2) is 0 Å². The fourth-order valence-electron chi connectivity index (χ4n) is 1.83. The summed E-state index contributed by atoms with van der Waals surface area (Å²) in [4.78, 5) is 0. The Morgan fingerprint density at radius 3 is 2.69 bits per heavy atom. The number of ether oxygens (including phenoxy) is 1. The maximum Gasteiger partial charge on any atom is 0.0590 e. The molecule has 13 heavy (non-hydrogen) atoms. The lowest BCUT2D eigenvalue weighted by atomic mass is 9.99. The van der Waals surface area contributed by atoms with Crippen LogP contribution in [0.3, 0.4) is 0 Å². The topological polar surface area (TPSA) is 35.2 Å². The Labute approximate surface area is 81.8 Å². The summed E-state index contributed by atoms with van der Waals surface area (Å²) in [5.41, 5.74) is 6.02. The van der Waals surface area contributed by atoms with E-state index in [4.69, 9.17) is 10.5 Å². The van der Waals surface area contributed by atoms with Crippen LogP contribution in [-0.4, -0.2) is 18.8 Å². The van der Waals surface area contributed by atoms with Gasteiger partial charge in [0.25, 0.3) is 0 Å². The second kappa shape index (κ2) is 5.61. The highest BCUT2D eigenvalue weighted by Gasteiger charge is 2.18. The lowest BCUT2D eigenvalue weighted by Gasteiger charge is -2.16. The van der Waals surface area contributed by atoms with Gasteiger partial charge in [-0.1, -0.05) is 13.8 Å². The maximum atomic E-state index is 6.02. The molecule has 1 heterocycles. The van der Waals surface area contributed by atoms with Gasteiger partial charge in [-0.25, -0.2) is 0 Å². The molecule has 0 aromatic rings. The molecule has 1 aliphatic rings. The molecule has 0 radical (unpaired) electrons. The highest BCUT2D eigenvalue weighted by molar-refractivity contribution is 4.72. The van der Waals surface area contributed by atoms with E-state index in [1.165, 1.54) is 19.3 Å². The monoisotopic (exact) mass is 185 g/mol. The third-order valence-corrected chi connectivity index (χ3v) is 2.70. The zero-order chi connectivity index (χ0) is 9.68. The molecule has 0 aliphatic carbocycles. The van der Waals surface area contributed by atoms with Crippen molar-refractivity contribution < 1.29 is 4.74 Å². The van der Waals surface area contributed by atoms with E-state index < -0.39 is 0 Å². The van der Waals surface area contributed by atoms with Crippen LogP contribution in [0.25, 0.3) is 0 Å². The van der Waals surface area contributed by atoms with Crippen molar-refractivity contribution in [3.05, 3.63) is 0 Å². The first-order chi connectivity index (χ1) is 6.18. The summed E-state index contributed by atoms with van der Waals surface area (Å²) in [7, 11) is 0. The maximum absolute atomic E-state index is 6.02. The fraction of sp³-hybridized carbons (Fsp3) is 1.00. The Bertz CT molecular complexity index is 130. The average Bonchev–Trinajstić information content (AvgIpc) is 2.53. The summed E-state index contributed by atoms with van der Waals surface area (Å²) in [6.07, 6.45) is 6.36. The van der Waals surface area contributed by atoms with E-state index in [1.54, 1.807) is 0 Å². The standard InChI is InChI=1S/C11H23NO/c1-9(2)5-6-10(12)8-11-4-3-7-13-11/h9-11H,3-8,12H2,1-2H3. The molecular formula is C11H23NO. The van der Waals surface area contributed by atoms with E-state index in [0.29, 0.717) is 12.1 Å². The third kappa shape index (κ3) is 4.63. The van der Waals surface area contributed by atoms with Gasteiger partial charge in [-0.05, 0) is 38.0 Å². The van der Waals surface area contributed by atoms with Crippen LogP contribution in [0.1, 0.15) is 46.0 Å². The largest absolute Gasteiger partial charge is 0.378 e. The zero-order valence-corrected chi connectivity index (χ0v) is 8.96. The minimum atomic E-state index is 0.352. The summed E-state index contributed by atoms with van der Waals surface area (Å²) in [5.74, 6) is 0.774. The van der Waals surface area contributed by atoms with Crippen molar-refractivity contribution in [1.29, 1.82) is 0 Å². The van der Waals surface area contributed by atoms with E-state index >= 15 is 0 Å². The van der Waals surface area contributed by atoms with Crippen LogP contribution < -0.4 is 5.73 Å². The van der Waals surface area contributed by atoms with Gasteiger partial charge in [0, 0.05) is 12.6 Å². The van der Waals surface area contributed by atoms with Crippen molar-refractivity contribution in [1.82, 2.24) is 0 Å². The van der Waals surface area contributed by atoms with E-state index in [2.05, 4.69) is 13.8 Å². The van der Waals surface area contributed by atoms with Gasteiger partial charge in [-0.15, -0.1) is 0 Å². The van der Waals surface area contributed by atoms with Gasteiger partial charge >= 0.3 is 0 Å². The van der Waals surface area contributed by atoms with Crippen LogP contribution in [0, 0.1) is 5.92 Å². The van der Waals surface area contributed by atoms with Crippen LogP contribution in [-0.2, 0) is 4.74 Å². The molecule has 1 rings (SSSR count). The highest BCUT2D eigenvalue weighted by atomic mass is 16.5. The third-order valence-electron chi connectivity index (χ3n) is 2.70. The Balaban J connectivity index is 2.05. The van der Waals surface area contributed by atoms with Crippen LogP contribution >= 0.6 is 0 Å². The lowest BCUT2D eigenvalue weighted by molar-refractivity contribution is 0.0970. The summed E-state index contributed by atoms with van der Waals surface area (Å²) in [6, 6.07) is 0.352. The van der Waals surface area contributed by atoms with Crippen LogP contribution in [0.4, 0.5) is 0 Å². The Morgan fingerprint density at radius 1 is 1.38 bits per heavy atom. The van der Waals surface area contributed by atoms with Crippen LogP contribution in [0.5, 0.6) is 0 Å². The minimum absolute atomic E-state index is 0.352. The number of rotatable bonds is 5. The summed E-state index contributed by atoms with van der Waals surface area (Å²) < 4.78 is 5.55. The van der Waals surface area contributed by atoms with Gasteiger partial charge in [0.05, 0.1) is 6.10 Å². The summed E-state index contributed by atoms with van der Waals surface area (Å²) in [5, 5.41) is 0. The SMILES string of the molecule is CC(C)CCC(N)CC1CCCO1. The van der Waals surface area contributed by atoms with E-state index in [0.717, 1.165) is 25.4 Å². The molecule has 0 spiro atoms. The highest BCUT2D eigenvalue weighted by Crippen LogP contribution is 2.18. The Hall–Kier alpha value is -0.0800. The average molecular weight is 185 g/mol. The molecule has 0 aromatic heterocycles. The van der Waals surface area contributed by atoms with Crippen molar-refractivity contribution >= 4 is 0 Å². The zero-order valence-electron chi connectivity index (χ0n) is 8.96. The first-order valence-corrected chi connectivity index (χ1v) is 5.55. The summed E-state index contributed by atoms with van der Waals surface area (Å²) >= 11 is 0. The molecule has 2 N–H and O–H groups in total. The number of hydrogen-bond acceptors (Lipinski definition) is 2. The van der Waals surface area contributed by atoms with Crippen molar-refractivity contribution in [2.45, 2.75) is 58.1 Å². The molecule has 0 saturated carbocycles. The van der Waals surface area contributed by atoms with E-state index in [9.17, 15) is 0 Å². The number of hydrogen-bond donors (Lipinski definition) is 1. The molecule has 2 atom stereocenters. The van der Waals surface area contributed by atoms with Gasteiger partial charge in [-0.3, -0.25) is 0 Å². The predicted molar refractivity (Wildman–Crippen MR) is 55.6 cm³/mol. The molecule has 0 bridgehead atoms. The quantitative estimate of drug-likeness (QED) is 0.713. The van der Waals surface area contributed by atoms with E-state index in [1.807, 2.05) is 0 Å². The lowest BCUT2D eigenvalue weighted by Crippen LogP contribution is -2.26. The first-order valence-electron chi connectivity index (χ1n) is 5.55. The fourth-order valence-corrected chi connectivity index (χ4v) is 1.83. The molecule has 0 amide bonds.